The summed E-state index contributed by atoms with van der Waals surface area (Å²) in [5.74, 6) is 0.582. The molecular weight excluding hydrogens is 186 g/mol. The molecule has 0 fully saturated rings. The molecule has 1 rings (SSSR count). The molecule has 0 amide bonds. The maximum absolute atomic E-state index is 8.52. The summed E-state index contributed by atoms with van der Waals surface area (Å²) in [5.41, 5.74) is 7.01. The number of hydrogen-bond acceptors (Lipinski definition) is 4. The molecule has 0 saturated heterocycles. The maximum Gasteiger partial charge on any atom is 0.186 e. The first-order chi connectivity index (χ1) is 6.27. The smallest absolute Gasteiger partial charge is 0.186 e. The van der Waals surface area contributed by atoms with Gasteiger partial charge < -0.3 is 15.6 Å². The third kappa shape index (κ3) is 2.68. The minimum absolute atomic E-state index is 0.339. The number of hydrogen-bond donors (Lipinski definition) is 3. The SMILES string of the molecule is N/C(=C\S)c1cccc(OCO)c1. The van der Waals surface area contributed by atoms with Gasteiger partial charge in [0.15, 0.2) is 6.79 Å². The average molecular weight is 197 g/mol. The van der Waals surface area contributed by atoms with Crippen LogP contribution in [0.5, 0.6) is 5.75 Å². The van der Waals surface area contributed by atoms with Gasteiger partial charge in [0.2, 0.25) is 0 Å². The summed E-state index contributed by atoms with van der Waals surface area (Å²) >= 11 is 3.94. The second-order valence-electron chi connectivity index (χ2n) is 2.39. The lowest BCUT2D eigenvalue weighted by Crippen LogP contribution is -1.98. The summed E-state index contributed by atoms with van der Waals surface area (Å²) < 4.78 is 4.89. The van der Waals surface area contributed by atoms with Gasteiger partial charge in [0.25, 0.3) is 0 Å². The van der Waals surface area contributed by atoms with E-state index in [0.717, 1.165) is 5.56 Å². The van der Waals surface area contributed by atoms with Gasteiger partial charge in [-0.25, -0.2) is 0 Å². The molecule has 0 unspecified atom stereocenters. The summed E-state index contributed by atoms with van der Waals surface area (Å²) in [5, 5.41) is 10.0. The summed E-state index contributed by atoms with van der Waals surface area (Å²) in [6.45, 7) is -0.339. The number of aliphatic hydroxyl groups is 1. The largest absolute Gasteiger partial charge is 0.468 e. The van der Waals surface area contributed by atoms with Gasteiger partial charge >= 0.3 is 0 Å². The molecule has 1 aromatic carbocycles. The normalized spacial score (nSPS) is 11.4. The third-order valence-corrected chi connectivity index (χ3v) is 1.82. The van der Waals surface area contributed by atoms with E-state index in [-0.39, 0.29) is 6.79 Å². The van der Waals surface area contributed by atoms with Gasteiger partial charge in [-0.1, -0.05) is 12.1 Å². The lowest BCUT2D eigenvalue weighted by atomic mass is 10.2. The predicted octanol–water partition coefficient (Wildman–Crippen LogP) is 1.20. The second kappa shape index (κ2) is 4.79. The van der Waals surface area contributed by atoms with Gasteiger partial charge in [-0.3, -0.25) is 0 Å². The van der Waals surface area contributed by atoms with Crippen molar-refractivity contribution in [2.45, 2.75) is 0 Å². The predicted molar refractivity (Wildman–Crippen MR) is 55.3 cm³/mol. The van der Waals surface area contributed by atoms with Crippen molar-refractivity contribution in [1.82, 2.24) is 0 Å². The molecule has 13 heavy (non-hydrogen) atoms. The van der Waals surface area contributed by atoms with Crippen LogP contribution < -0.4 is 10.5 Å². The number of rotatable bonds is 3. The molecule has 0 radical (unpaired) electrons. The van der Waals surface area contributed by atoms with Gasteiger partial charge in [0.05, 0.1) is 0 Å². The van der Waals surface area contributed by atoms with Crippen LogP contribution in [0.1, 0.15) is 5.56 Å². The van der Waals surface area contributed by atoms with E-state index in [9.17, 15) is 0 Å². The summed E-state index contributed by atoms with van der Waals surface area (Å²) in [6, 6.07) is 7.11. The Kier molecular flexibility index (Phi) is 3.67. The number of nitrogens with two attached hydrogens (primary N) is 1. The maximum atomic E-state index is 8.52. The van der Waals surface area contributed by atoms with E-state index < -0.39 is 0 Å². The quantitative estimate of drug-likeness (QED) is 0.504. The van der Waals surface area contributed by atoms with Crippen molar-refractivity contribution in [3.63, 3.8) is 0 Å². The highest BCUT2D eigenvalue weighted by atomic mass is 32.1. The molecule has 3 N–H and O–H groups in total. The molecule has 0 spiro atoms. The standard InChI is InChI=1S/C9H11NO2S/c10-9(5-13)7-2-1-3-8(4-7)12-6-11/h1-5,11,13H,6,10H2/b9-5-. The summed E-state index contributed by atoms with van der Waals surface area (Å²) in [6.07, 6.45) is 0. The van der Waals surface area contributed by atoms with Gasteiger partial charge in [-0.2, -0.15) is 0 Å². The lowest BCUT2D eigenvalue weighted by molar-refractivity contribution is 0.0985. The molecule has 0 aliphatic carbocycles. The first kappa shape index (κ1) is 9.95. The minimum atomic E-state index is -0.339. The van der Waals surface area contributed by atoms with Crippen LogP contribution in [0.3, 0.4) is 0 Å². The molecule has 0 aliphatic rings. The van der Waals surface area contributed by atoms with Crippen LogP contribution >= 0.6 is 12.6 Å². The fourth-order valence-corrected chi connectivity index (χ4v) is 1.06. The van der Waals surface area contributed by atoms with Crippen LogP contribution in [0.15, 0.2) is 29.7 Å². The number of aliphatic hydroxyl groups excluding tert-OH is 1. The molecule has 0 aromatic heterocycles. The minimum Gasteiger partial charge on any atom is -0.468 e. The Morgan fingerprint density at radius 1 is 1.62 bits per heavy atom. The van der Waals surface area contributed by atoms with Crippen LogP contribution in [0.4, 0.5) is 0 Å². The molecule has 70 valence electrons. The van der Waals surface area contributed by atoms with Crippen LogP contribution in [-0.4, -0.2) is 11.9 Å². The van der Waals surface area contributed by atoms with E-state index >= 15 is 0 Å². The van der Waals surface area contributed by atoms with Crippen molar-refractivity contribution < 1.29 is 9.84 Å². The van der Waals surface area contributed by atoms with Crippen molar-refractivity contribution in [1.29, 1.82) is 0 Å². The first-order valence-electron chi connectivity index (χ1n) is 3.72. The van der Waals surface area contributed by atoms with Crippen LogP contribution in [0.25, 0.3) is 5.70 Å². The van der Waals surface area contributed by atoms with E-state index in [1.165, 1.54) is 5.41 Å². The van der Waals surface area contributed by atoms with E-state index in [4.69, 9.17) is 15.6 Å². The molecule has 0 aliphatic heterocycles. The first-order valence-corrected chi connectivity index (χ1v) is 4.23. The number of thiol groups is 1. The lowest BCUT2D eigenvalue weighted by Gasteiger charge is -2.04. The monoisotopic (exact) mass is 197 g/mol. The van der Waals surface area contributed by atoms with E-state index in [1.807, 2.05) is 6.07 Å². The highest BCUT2D eigenvalue weighted by molar-refractivity contribution is 7.83. The van der Waals surface area contributed by atoms with Crippen LogP contribution in [0, 0.1) is 0 Å². The molecule has 0 bridgehead atoms. The fraction of sp³-hybridized carbons (Fsp3) is 0.111. The van der Waals surface area contributed by atoms with E-state index in [0.29, 0.717) is 11.4 Å². The molecule has 4 heteroatoms. The van der Waals surface area contributed by atoms with Gasteiger partial charge in [0, 0.05) is 11.3 Å². The molecule has 0 heterocycles. The van der Waals surface area contributed by atoms with Crippen molar-refractivity contribution in [2.75, 3.05) is 6.79 Å². The zero-order valence-electron chi connectivity index (χ0n) is 6.97. The van der Waals surface area contributed by atoms with Gasteiger partial charge in [-0.15, -0.1) is 12.6 Å². The zero-order chi connectivity index (χ0) is 9.68. The molecule has 1 aromatic rings. The van der Waals surface area contributed by atoms with Crippen molar-refractivity contribution in [3.05, 3.63) is 35.2 Å². The molecule has 3 nitrogen and oxygen atoms in total. The highest BCUT2D eigenvalue weighted by Gasteiger charge is 1.97. The van der Waals surface area contributed by atoms with Gasteiger partial charge in [-0.05, 0) is 17.5 Å². The fourth-order valence-electron chi connectivity index (χ4n) is 0.915. The Morgan fingerprint density at radius 2 is 2.38 bits per heavy atom. The number of ether oxygens (including phenoxy) is 1. The average Bonchev–Trinajstić information content (AvgIpc) is 2.18. The van der Waals surface area contributed by atoms with Gasteiger partial charge in [0.1, 0.15) is 5.75 Å². The second-order valence-corrected chi connectivity index (χ2v) is 2.64. The van der Waals surface area contributed by atoms with Crippen molar-refractivity contribution in [3.8, 4) is 5.75 Å². The highest BCUT2D eigenvalue weighted by Crippen LogP contribution is 2.17. The van der Waals surface area contributed by atoms with E-state index in [1.54, 1.807) is 18.2 Å². The Morgan fingerprint density at radius 3 is 3.00 bits per heavy atom. The number of benzene rings is 1. The Bertz CT molecular complexity index is 312. The van der Waals surface area contributed by atoms with Crippen molar-refractivity contribution in [2.24, 2.45) is 5.73 Å². The van der Waals surface area contributed by atoms with E-state index in [2.05, 4.69) is 12.6 Å². The Balaban J connectivity index is 2.91. The molecular formula is C9H11NO2S. The molecule has 0 saturated carbocycles. The summed E-state index contributed by atoms with van der Waals surface area (Å²) in [7, 11) is 0. The molecule has 0 atom stereocenters. The summed E-state index contributed by atoms with van der Waals surface area (Å²) in [4.78, 5) is 0. The Labute approximate surface area is 82.2 Å². The third-order valence-electron chi connectivity index (χ3n) is 1.54. The Hall–Kier alpha value is -1.13. The zero-order valence-corrected chi connectivity index (χ0v) is 7.87. The van der Waals surface area contributed by atoms with Crippen molar-refractivity contribution >= 4 is 18.3 Å². The van der Waals surface area contributed by atoms with Crippen LogP contribution in [-0.2, 0) is 0 Å². The van der Waals surface area contributed by atoms with Crippen LogP contribution in [0.2, 0.25) is 0 Å². The topological polar surface area (TPSA) is 55.5 Å².